The molecule has 0 unspecified atom stereocenters. The van der Waals surface area contributed by atoms with E-state index in [0.29, 0.717) is 6.54 Å². The van der Waals surface area contributed by atoms with Gasteiger partial charge in [-0.15, -0.1) is 0 Å². The molecule has 1 aromatic heterocycles. The largest absolute Gasteiger partial charge is 0.396 e. The smallest absolute Gasteiger partial charge is 0.0498 e. The Morgan fingerprint density at radius 3 is 2.82 bits per heavy atom. The molecule has 2 rings (SSSR count). The first-order valence-electron chi connectivity index (χ1n) is 5.84. The Labute approximate surface area is 106 Å². The fourth-order valence-corrected chi connectivity index (χ4v) is 2.25. The second-order valence-electron chi connectivity index (χ2n) is 4.14. The van der Waals surface area contributed by atoms with Gasteiger partial charge < -0.3 is 15.4 Å². The van der Waals surface area contributed by atoms with E-state index in [1.54, 1.807) is 0 Å². The number of aryl methyl sites for hydroxylation is 1. The van der Waals surface area contributed by atoms with Crippen molar-refractivity contribution in [2.45, 2.75) is 25.9 Å². The molecule has 0 radical (unpaired) electrons. The molecule has 0 fully saturated rings. The number of aliphatic hydroxyl groups excluding tert-OH is 1. The van der Waals surface area contributed by atoms with E-state index in [0.717, 1.165) is 35.5 Å². The SMILES string of the molecule is NCc1cn(CCCCO)c2cc(Cl)ccc12. The number of aromatic nitrogens is 1. The highest BCUT2D eigenvalue weighted by Gasteiger charge is 2.07. The summed E-state index contributed by atoms with van der Waals surface area (Å²) in [7, 11) is 0. The van der Waals surface area contributed by atoms with Crippen LogP contribution in [0.2, 0.25) is 5.02 Å². The van der Waals surface area contributed by atoms with Crippen molar-refractivity contribution in [3.8, 4) is 0 Å². The Bertz CT molecular complexity index is 507. The van der Waals surface area contributed by atoms with Crippen LogP contribution in [-0.4, -0.2) is 16.3 Å². The molecule has 0 aliphatic rings. The highest BCUT2D eigenvalue weighted by molar-refractivity contribution is 6.31. The fraction of sp³-hybridized carbons (Fsp3) is 0.385. The molecule has 0 bridgehead atoms. The van der Waals surface area contributed by atoms with Gasteiger partial charge in [0.1, 0.15) is 0 Å². The summed E-state index contributed by atoms with van der Waals surface area (Å²) in [6, 6.07) is 5.87. The van der Waals surface area contributed by atoms with Gasteiger partial charge in [0, 0.05) is 41.8 Å². The highest BCUT2D eigenvalue weighted by Crippen LogP contribution is 2.25. The summed E-state index contributed by atoms with van der Waals surface area (Å²) < 4.78 is 2.17. The monoisotopic (exact) mass is 252 g/mol. The van der Waals surface area contributed by atoms with Crippen LogP contribution in [-0.2, 0) is 13.1 Å². The van der Waals surface area contributed by atoms with Crippen molar-refractivity contribution in [1.29, 1.82) is 0 Å². The van der Waals surface area contributed by atoms with Gasteiger partial charge in [0.2, 0.25) is 0 Å². The zero-order valence-corrected chi connectivity index (χ0v) is 10.5. The lowest BCUT2D eigenvalue weighted by atomic mass is 10.2. The molecular weight excluding hydrogens is 236 g/mol. The molecule has 0 aliphatic carbocycles. The van der Waals surface area contributed by atoms with E-state index in [-0.39, 0.29) is 6.61 Å². The molecule has 0 spiro atoms. The Balaban J connectivity index is 2.36. The van der Waals surface area contributed by atoms with Gasteiger partial charge in [0.25, 0.3) is 0 Å². The molecule has 2 aromatic rings. The zero-order chi connectivity index (χ0) is 12.3. The minimum absolute atomic E-state index is 0.240. The van der Waals surface area contributed by atoms with Crippen LogP contribution in [0.4, 0.5) is 0 Å². The quantitative estimate of drug-likeness (QED) is 0.804. The summed E-state index contributed by atoms with van der Waals surface area (Å²) in [6.07, 6.45) is 3.85. The van der Waals surface area contributed by atoms with E-state index in [1.165, 1.54) is 5.39 Å². The molecule has 1 aromatic carbocycles. The van der Waals surface area contributed by atoms with Crippen molar-refractivity contribution in [1.82, 2.24) is 4.57 Å². The maximum atomic E-state index is 8.80. The van der Waals surface area contributed by atoms with Crippen LogP contribution in [0.1, 0.15) is 18.4 Å². The Kier molecular flexibility index (Phi) is 4.05. The number of hydrogen-bond acceptors (Lipinski definition) is 2. The van der Waals surface area contributed by atoms with Crippen molar-refractivity contribution in [3.05, 3.63) is 35.0 Å². The number of hydrogen-bond donors (Lipinski definition) is 2. The van der Waals surface area contributed by atoms with Crippen LogP contribution in [0.5, 0.6) is 0 Å². The number of nitrogens with zero attached hydrogens (tertiary/aromatic N) is 1. The molecule has 0 atom stereocenters. The maximum absolute atomic E-state index is 8.80. The Morgan fingerprint density at radius 1 is 1.29 bits per heavy atom. The van der Waals surface area contributed by atoms with Crippen molar-refractivity contribution in [2.24, 2.45) is 5.73 Å². The van der Waals surface area contributed by atoms with E-state index < -0.39 is 0 Å². The first kappa shape index (κ1) is 12.4. The van der Waals surface area contributed by atoms with Crippen molar-refractivity contribution in [2.75, 3.05) is 6.61 Å². The third-order valence-electron chi connectivity index (χ3n) is 2.95. The van der Waals surface area contributed by atoms with E-state index in [1.807, 2.05) is 18.2 Å². The van der Waals surface area contributed by atoms with E-state index >= 15 is 0 Å². The van der Waals surface area contributed by atoms with Crippen LogP contribution in [0.15, 0.2) is 24.4 Å². The summed E-state index contributed by atoms with van der Waals surface area (Å²) in [6.45, 7) is 1.66. The predicted molar refractivity (Wildman–Crippen MR) is 71.2 cm³/mol. The summed E-state index contributed by atoms with van der Waals surface area (Å²) in [5, 5.41) is 10.7. The number of aliphatic hydroxyl groups is 1. The lowest BCUT2D eigenvalue weighted by Crippen LogP contribution is -1.98. The number of halogens is 1. The van der Waals surface area contributed by atoms with Gasteiger partial charge in [0.05, 0.1) is 0 Å². The molecule has 0 saturated carbocycles. The van der Waals surface area contributed by atoms with E-state index in [9.17, 15) is 0 Å². The number of fused-ring (bicyclic) bond motifs is 1. The van der Waals surface area contributed by atoms with Crippen molar-refractivity contribution >= 4 is 22.5 Å². The average Bonchev–Trinajstić information content (AvgIpc) is 2.67. The number of benzene rings is 1. The van der Waals surface area contributed by atoms with Gasteiger partial charge in [-0.05, 0) is 30.5 Å². The molecule has 3 nitrogen and oxygen atoms in total. The van der Waals surface area contributed by atoms with Gasteiger partial charge in [-0.25, -0.2) is 0 Å². The normalized spacial score (nSPS) is 11.2. The summed E-state index contributed by atoms with van der Waals surface area (Å²) in [5.41, 5.74) is 8.00. The van der Waals surface area contributed by atoms with Crippen LogP contribution < -0.4 is 5.73 Å². The molecule has 4 heteroatoms. The van der Waals surface area contributed by atoms with Crippen LogP contribution >= 0.6 is 11.6 Å². The fourth-order valence-electron chi connectivity index (χ4n) is 2.08. The summed E-state index contributed by atoms with van der Waals surface area (Å²) in [5.74, 6) is 0. The van der Waals surface area contributed by atoms with Gasteiger partial charge in [-0.3, -0.25) is 0 Å². The molecule has 92 valence electrons. The highest BCUT2D eigenvalue weighted by atomic mass is 35.5. The zero-order valence-electron chi connectivity index (χ0n) is 9.69. The molecule has 1 heterocycles. The third-order valence-corrected chi connectivity index (χ3v) is 3.19. The molecule has 17 heavy (non-hydrogen) atoms. The number of nitrogens with two attached hydrogens (primary N) is 1. The first-order valence-corrected chi connectivity index (χ1v) is 6.22. The van der Waals surface area contributed by atoms with Crippen LogP contribution in [0, 0.1) is 0 Å². The van der Waals surface area contributed by atoms with Crippen LogP contribution in [0.3, 0.4) is 0 Å². The second kappa shape index (κ2) is 5.54. The average molecular weight is 253 g/mol. The lowest BCUT2D eigenvalue weighted by molar-refractivity contribution is 0.281. The third kappa shape index (κ3) is 2.63. The molecule has 3 N–H and O–H groups in total. The molecule has 0 saturated heterocycles. The van der Waals surface area contributed by atoms with Crippen molar-refractivity contribution in [3.63, 3.8) is 0 Å². The second-order valence-corrected chi connectivity index (χ2v) is 4.58. The van der Waals surface area contributed by atoms with Gasteiger partial charge in [-0.2, -0.15) is 0 Å². The molecule has 0 aliphatic heterocycles. The number of rotatable bonds is 5. The minimum Gasteiger partial charge on any atom is -0.396 e. The number of unbranched alkanes of at least 4 members (excludes halogenated alkanes) is 1. The summed E-state index contributed by atoms with van der Waals surface area (Å²) in [4.78, 5) is 0. The van der Waals surface area contributed by atoms with Crippen molar-refractivity contribution < 1.29 is 5.11 Å². The Morgan fingerprint density at radius 2 is 2.12 bits per heavy atom. The van der Waals surface area contributed by atoms with E-state index in [2.05, 4.69) is 10.8 Å². The molecular formula is C13H17ClN2O. The van der Waals surface area contributed by atoms with Gasteiger partial charge >= 0.3 is 0 Å². The standard InChI is InChI=1S/C13H17ClN2O/c14-11-3-4-12-10(8-15)9-16(13(12)7-11)5-1-2-6-17/h3-4,7,9,17H,1-2,5-6,8,15H2. The Hall–Kier alpha value is -1.03. The van der Waals surface area contributed by atoms with Gasteiger partial charge in [-0.1, -0.05) is 17.7 Å². The summed E-state index contributed by atoms with van der Waals surface area (Å²) >= 11 is 6.02. The topological polar surface area (TPSA) is 51.2 Å². The minimum atomic E-state index is 0.240. The molecule has 0 amide bonds. The lowest BCUT2D eigenvalue weighted by Gasteiger charge is -2.04. The predicted octanol–water partition coefficient (Wildman–Crippen LogP) is 2.53. The first-order chi connectivity index (χ1) is 8.26. The van der Waals surface area contributed by atoms with Gasteiger partial charge in [0.15, 0.2) is 0 Å². The van der Waals surface area contributed by atoms with Crippen LogP contribution in [0.25, 0.3) is 10.9 Å². The maximum Gasteiger partial charge on any atom is 0.0498 e. The van der Waals surface area contributed by atoms with E-state index in [4.69, 9.17) is 22.4 Å².